The molecule has 0 aromatic heterocycles. The average Bonchev–Trinajstić information content (AvgIpc) is 1.69. The van der Waals surface area contributed by atoms with Crippen molar-refractivity contribution in [3.8, 4) is 0 Å². The summed E-state index contributed by atoms with van der Waals surface area (Å²) in [5.74, 6) is 0. The van der Waals surface area contributed by atoms with Crippen molar-refractivity contribution in [2.45, 2.75) is 25.9 Å². The summed E-state index contributed by atoms with van der Waals surface area (Å²) in [6.07, 6.45) is -0.243. The fourth-order valence-corrected chi connectivity index (χ4v) is 10.7. The molecule has 0 saturated carbocycles. The average molecular weight is 205 g/mol. The van der Waals surface area contributed by atoms with Crippen molar-refractivity contribution in [2.75, 3.05) is 0 Å². The minimum atomic E-state index is -1.47. The van der Waals surface area contributed by atoms with E-state index in [1.807, 2.05) is 0 Å². The van der Waals surface area contributed by atoms with E-state index in [9.17, 15) is 0 Å². The molecule has 0 N–H and O–H groups in total. The minimum absolute atomic E-state index is 0.243. The van der Waals surface area contributed by atoms with Crippen LogP contribution in [0.5, 0.6) is 0 Å². The molecular weight excluding hydrogens is 195 g/mol. The Kier molecular flexibility index (Phi) is 6.31. The van der Waals surface area contributed by atoms with Gasteiger partial charge in [-0.2, -0.15) is 0 Å². The summed E-state index contributed by atoms with van der Waals surface area (Å²) in [7, 11) is 11.6. The Balaban J connectivity index is 3.86. The molecule has 0 aliphatic carbocycles. The first-order valence-electron chi connectivity index (χ1n) is 2.75. The third kappa shape index (κ3) is 3.52. The van der Waals surface area contributed by atoms with E-state index >= 15 is 0 Å². The quantitative estimate of drug-likeness (QED) is 0.608. The topological polar surface area (TPSA) is 0 Å². The fraction of sp³-hybridized carbons (Fsp3) is 1.00. The Morgan fingerprint density at radius 3 is 1.62 bits per heavy atom. The van der Waals surface area contributed by atoms with Crippen molar-refractivity contribution in [3.05, 3.63) is 0 Å². The number of halogens is 2. The van der Waals surface area contributed by atoms with Gasteiger partial charge in [-0.05, 0) is 0 Å². The summed E-state index contributed by atoms with van der Waals surface area (Å²) in [6, 6.07) is 2.51. The van der Waals surface area contributed by atoms with Gasteiger partial charge in [0.2, 0.25) is 0 Å². The third-order valence-corrected chi connectivity index (χ3v) is 15.8. The van der Waals surface area contributed by atoms with Crippen LogP contribution < -0.4 is 0 Å². The van der Waals surface area contributed by atoms with Crippen LogP contribution >= 0.6 is 18.6 Å². The molecule has 0 aromatic carbocycles. The van der Waals surface area contributed by atoms with E-state index in [1.165, 1.54) is 12.1 Å². The normalized spacial score (nSPS) is 9.00. The van der Waals surface area contributed by atoms with E-state index in [1.54, 1.807) is 0 Å². The van der Waals surface area contributed by atoms with Crippen LogP contribution in [-0.4, -0.2) is 6.19 Å². The monoisotopic (exact) mass is 204 g/mol. The first-order chi connectivity index (χ1) is 3.72. The molecule has 0 bridgehead atoms. The van der Waals surface area contributed by atoms with Crippen LogP contribution in [0.4, 0.5) is 0 Å². The van der Waals surface area contributed by atoms with Crippen LogP contribution in [0.1, 0.15) is 13.8 Å². The van der Waals surface area contributed by atoms with Gasteiger partial charge in [-0.25, -0.2) is 0 Å². The predicted molar refractivity (Wildman–Crippen MR) is 38.4 cm³/mol. The fourth-order valence-electron chi connectivity index (χ4n) is 0.517. The zero-order valence-corrected chi connectivity index (χ0v) is 9.24. The first-order valence-corrected chi connectivity index (χ1v) is 11.3. The molecule has 8 heavy (non-hydrogen) atoms. The van der Waals surface area contributed by atoms with E-state index in [-0.39, 0.29) is 6.19 Å². The number of rotatable bonds is 2. The van der Waals surface area contributed by atoms with Crippen molar-refractivity contribution in [1.29, 1.82) is 0 Å². The molecule has 0 unspecified atom stereocenters. The Hall–Kier alpha value is 1.51. The molecular formula is C4H10Cl2SiTi. The van der Waals surface area contributed by atoms with E-state index in [2.05, 4.69) is 13.8 Å². The maximum absolute atomic E-state index is 5.82. The van der Waals surface area contributed by atoms with Crippen molar-refractivity contribution in [3.63, 3.8) is 0 Å². The molecule has 0 amide bonds. The zero-order chi connectivity index (χ0) is 6.57. The van der Waals surface area contributed by atoms with Gasteiger partial charge < -0.3 is 0 Å². The molecule has 0 aliphatic rings. The second-order valence-electron chi connectivity index (χ2n) is 1.57. The van der Waals surface area contributed by atoms with Gasteiger partial charge in [-0.1, -0.05) is 0 Å². The predicted octanol–water partition coefficient (Wildman–Crippen LogP) is 2.94. The molecule has 0 nitrogen and oxygen atoms in total. The molecule has 0 heterocycles. The van der Waals surface area contributed by atoms with Crippen LogP contribution in [0.15, 0.2) is 0 Å². The van der Waals surface area contributed by atoms with Gasteiger partial charge in [0.1, 0.15) is 0 Å². The van der Waals surface area contributed by atoms with Gasteiger partial charge in [0, 0.05) is 0 Å². The Morgan fingerprint density at radius 1 is 1.25 bits per heavy atom. The van der Waals surface area contributed by atoms with Crippen LogP contribution in [0, 0.1) is 0 Å². The molecule has 0 fully saturated rings. The maximum atomic E-state index is 5.82. The molecule has 0 aliphatic heterocycles. The Morgan fingerprint density at radius 2 is 1.62 bits per heavy atom. The summed E-state index contributed by atoms with van der Waals surface area (Å²) < 4.78 is 0. The standard InChI is InChI=1S/C4H10Si.2ClH.Ti/c1-3-5-4-2;;;/h3-4H2,1-2H3;2*1H;/q;;;+2/p-2. The van der Waals surface area contributed by atoms with Crippen molar-refractivity contribution >= 4 is 24.8 Å². The van der Waals surface area contributed by atoms with E-state index in [0.717, 1.165) is 0 Å². The second kappa shape index (κ2) is 5.31. The van der Waals surface area contributed by atoms with Crippen LogP contribution in [0.2, 0.25) is 12.1 Å². The number of hydrogen-bond donors (Lipinski definition) is 0. The summed E-state index contributed by atoms with van der Waals surface area (Å²) in [4.78, 5) is 0. The Bertz CT molecular complexity index is 92.2. The molecule has 48 valence electrons. The van der Waals surface area contributed by atoms with Crippen molar-refractivity contribution in [1.82, 2.24) is 0 Å². The summed E-state index contributed by atoms with van der Waals surface area (Å²) >= 11 is -1.47. The molecule has 0 spiro atoms. The van der Waals surface area contributed by atoms with E-state index in [4.69, 9.17) is 18.6 Å². The molecule has 4 heteroatoms. The van der Waals surface area contributed by atoms with Gasteiger partial charge in [0.25, 0.3) is 0 Å². The summed E-state index contributed by atoms with van der Waals surface area (Å²) in [6.45, 7) is 4.38. The molecule has 0 saturated heterocycles. The molecule has 0 atom stereocenters. The van der Waals surface area contributed by atoms with Gasteiger partial charge in [-0.15, -0.1) is 0 Å². The van der Waals surface area contributed by atoms with Gasteiger partial charge in [0.05, 0.1) is 0 Å². The van der Waals surface area contributed by atoms with E-state index in [0.29, 0.717) is 0 Å². The molecule has 0 aromatic rings. The first kappa shape index (κ1) is 9.51. The summed E-state index contributed by atoms with van der Waals surface area (Å²) in [5, 5.41) is 0. The van der Waals surface area contributed by atoms with Crippen molar-refractivity contribution in [2.24, 2.45) is 0 Å². The number of hydrogen-bond acceptors (Lipinski definition) is 0. The summed E-state index contributed by atoms with van der Waals surface area (Å²) in [5.41, 5.74) is 0. The molecule has 0 radical (unpaired) electrons. The van der Waals surface area contributed by atoms with E-state index < -0.39 is 14.5 Å². The molecule has 0 rings (SSSR count). The van der Waals surface area contributed by atoms with Gasteiger partial charge >= 0.3 is 65.2 Å². The van der Waals surface area contributed by atoms with Crippen LogP contribution in [-0.2, 0) is 14.5 Å². The Labute approximate surface area is 65.0 Å². The third-order valence-electron chi connectivity index (χ3n) is 1.12. The van der Waals surface area contributed by atoms with Crippen molar-refractivity contribution < 1.29 is 14.5 Å². The SMILES string of the molecule is CC[Si](CC)=[Ti]([Cl])[Cl]. The second-order valence-corrected chi connectivity index (χ2v) is 16.9. The van der Waals surface area contributed by atoms with Crippen LogP contribution in [0.3, 0.4) is 0 Å². The van der Waals surface area contributed by atoms with Crippen LogP contribution in [0.25, 0.3) is 0 Å². The van der Waals surface area contributed by atoms with Gasteiger partial charge in [-0.3, -0.25) is 0 Å². The van der Waals surface area contributed by atoms with Gasteiger partial charge in [0.15, 0.2) is 0 Å². The zero-order valence-electron chi connectivity index (χ0n) is 5.17.